The molecule has 7 heteroatoms. The van der Waals surface area contributed by atoms with Crippen LogP contribution in [0, 0.1) is 5.82 Å². The number of halogens is 1. The molecule has 2 rings (SSSR count). The topological polar surface area (TPSA) is 84.5 Å². The summed E-state index contributed by atoms with van der Waals surface area (Å²) in [6, 6.07) is 5.05. The van der Waals surface area contributed by atoms with E-state index in [1.165, 1.54) is 42.7 Å². The Bertz CT molecular complexity index is 743. The predicted molar refractivity (Wildman–Crippen MR) is 99.1 cm³/mol. The molecule has 0 saturated heterocycles. The highest BCUT2D eigenvalue weighted by atomic mass is 19.1. The quantitative estimate of drug-likeness (QED) is 0.436. The first-order valence-corrected chi connectivity index (χ1v) is 8.89. The zero-order chi connectivity index (χ0) is 19.5. The van der Waals surface area contributed by atoms with Gasteiger partial charge >= 0.3 is 12.0 Å². The first-order chi connectivity index (χ1) is 13.0. The summed E-state index contributed by atoms with van der Waals surface area (Å²) in [6.45, 7) is -0.133. The lowest BCUT2D eigenvalue weighted by atomic mass is 9.97. The summed E-state index contributed by atoms with van der Waals surface area (Å²) in [5.74, 6) is -1.91. The molecule has 0 radical (unpaired) electrons. The van der Waals surface area contributed by atoms with Crippen LogP contribution in [0.1, 0.15) is 37.7 Å². The van der Waals surface area contributed by atoms with Gasteiger partial charge < -0.3 is 10.1 Å². The highest BCUT2D eigenvalue weighted by Gasteiger charge is 2.10. The first kappa shape index (κ1) is 20.4. The minimum Gasteiger partial charge on any atom is -0.452 e. The molecule has 0 saturated carbocycles. The van der Waals surface area contributed by atoms with E-state index in [9.17, 15) is 18.8 Å². The number of allylic oxidation sites excluding steroid dienone is 1. The fourth-order valence-corrected chi connectivity index (χ4v) is 2.63. The predicted octanol–water partition coefficient (Wildman–Crippen LogP) is 3.10. The molecular weight excluding hydrogens is 351 g/mol. The molecule has 27 heavy (non-hydrogen) atoms. The van der Waals surface area contributed by atoms with E-state index in [1.54, 1.807) is 6.07 Å². The number of carbonyl (C=O) groups excluding carboxylic acids is 3. The number of urea groups is 1. The van der Waals surface area contributed by atoms with Crippen LogP contribution in [0.3, 0.4) is 0 Å². The second-order valence-corrected chi connectivity index (χ2v) is 6.16. The summed E-state index contributed by atoms with van der Waals surface area (Å²) in [5, 5.41) is 4.69. The lowest BCUT2D eigenvalue weighted by molar-refractivity contribution is -0.143. The average Bonchev–Trinajstić information content (AvgIpc) is 2.65. The lowest BCUT2D eigenvalue weighted by Crippen LogP contribution is -2.41. The number of nitrogens with one attached hydrogen (secondary N) is 2. The van der Waals surface area contributed by atoms with Crippen molar-refractivity contribution in [3.63, 3.8) is 0 Å². The molecule has 1 aromatic carbocycles. The van der Waals surface area contributed by atoms with Gasteiger partial charge in [-0.05, 0) is 55.9 Å². The summed E-state index contributed by atoms with van der Waals surface area (Å²) >= 11 is 0. The maximum absolute atomic E-state index is 13.0. The molecule has 2 N–H and O–H groups in total. The van der Waals surface area contributed by atoms with Crippen LogP contribution in [0.25, 0.3) is 6.08 Å². The van der Waals surface area contributed by atoms with Crippen LogP contribution in [-0.2, 0) is 14.3 Å². The summed E-state index contributed by atoms with van der Waals surface area (Å²) in [6.07, 6.45) is 9.94. The van der Waals surface area contributed by atoms with Crippen LogP contribution in [0.5, 0.6) is 0 Å². The number of hydrogen-bond acceptors (Lipinski definition) is 4. The third-order valence-electron chi connectivity index (χ3n) is 3.98. The second-order valence-electron chi connectivity index (χ2n) is 6.16. The number of rotatable bonds is 7. The van der Waals surface area contributed by atoms with Gasteiger partial charge in [0.2, 0.25) is 0 Å². The third-order valence-corrected chi connectivity index (χ3v) is 3.98. The molecule has 0 unspecified atom stereocenters. The largest absolute Gasteiger partial charge is 0.452 e. The Morgan fingerprint density at radius 2 is 2.07 bits per heavy atom. The van der Waals surface area contributed by atoms with E-state index in [0.717, 1.165) is 25.3 Å². The summed E-state index contributed by atoms with van der Waals surface area (Å²) in [5.41, 5.74) is 1.82. The van der Waals surface area contributed by atoms with Crippen molar-refractivity contribution in [1.29, 1.82) is 0 Å². The summed E-state index contributed by atoms with van der Waals surface area (Å²) in [7, 11) is 0. The van der Waals surface area contributed by atoms with Gasteiger partial charge in [-0.25, -0.2) is 14.0 Å². The van der Waals surface area contributed by atoms with Crippen molar-refractivity contribution in [1.82, 2.24) is 10.6 Å². The molecule has 0 fully saturated rings. The Labute approximate surface area is 157 Å². The molecule has 0 aliphatic heterocycles. The molecular formula is C20H23FN2O4. The third kappa shape index (κ3) is 8.31. The van der Waals surface area contributed by atoms with E-state index in [4.69, 9.17) is 4.74 Å². The SMILES string of the molecule is O=C(COC(=O)/C=C/c1cccc(F)c1)NC(=O)NCCC1=CCCCC1. The van der Waals surface area contributed by atoms with E-state index in [2.05, 4.69) is 16.7 Å². The Balaban J connectivity index is 1.62. The molecule has 0 spiro atoms. The molecule has 144 valence electrons. The smallest absolute Gasteiger partial charge is 0.331 e. The highest BCUT2D eigenvalue weighted by molar-refractivity contribution is 5.96. The molecule has 1 aromatic rings. The van der Waals surface area contributed by atoms with Crippen molar-refractivity contribution >= 4 is 24.0 Å². The number of esters is 1. The second kappa shape index (κ2) is 10.9. The monoisotopic (exact) mass is 374 g/mol. The highest BCUT2D eigenvalue weighted by Crippen LogP contribution is 2.19. The van der Waals surface area contributed by atoms with Crippen molar-refractivity contribution in [3.05, 3.63) is 53.4 Å². The van der Waals surface area contributed by atoms with E-state index >= 15 is 0 Å². The number of carbonyl (C=O) groups is 3. The van der Waals surface area contributed by atoms with Crippen molar-refractivity contribution in [2.24, 2.45) is 0 Å². The van der Waals surface area contributed by atoms with Crippen LogP contribution < -0.4 is 10.6 Å². The van der Waals surface area contributed by atoms with Gasteiger partial charge in [0, 0.05) is 12.6 Å². The molecule has 3 amide bonds. The van der Waals surface area contributed by atoms with Gasteiger partial charge in [-0.2, -0.15) is 0 Å². The molecule has 0 bridgehead atoms. The minimum atomic E-state index is -0.765. The van der Waals surface area contributed by atoms with Gasteiger partial charge in [0.15, 0.2) is 6.61 Å². The van der Waals surface area contributed by atoms with Gasteiger partial charge in [-0.15, -0.1) is 0 Å². The Morgan fingerprint density at radius 3 is 2.81 bits per heavy atom. The minimum absolute atomic E-state index is 0.421. The van der Waals surface area contributed by atoms with Crippen LogP contribution >= 0.6 is 0 Å². The van der Waals surface area contributed by atoms with Gasteiger partial charge in [0.25, 0.3) is 5.91 Å². The average molecular weight is 374 g/mol. The Morgan fingerprint density at radius 1 is 1.22 bits per heavy atom. The normalized spacial score (nSPS) is 13.7. The van der Waals surface area contributed by atoms with E-state index < -0.39 is 30.3 Å². The maximum atomic E-state index is 13.0. The van der Waals surface area contributed by atoms with Crippen LogP contribution in [0.15, 0.2) is 42.0 Å². The fraction of sp³-hybridized carbons (Fsp3) is 0.350. The molecule has 1 aliphatic rings. The number of amides is 3. The van der Waals surface area contributed by atoms with Gasteiger partial charge in [-0.3, -0.25) is 10.1 Å². The number of imide groups is 1. The van der Waals surface area contributed by atoms with Crippen LogP contribution in [0.4, 0.5) is 9.18 Å². The van der Waals surface area contributed by atoms with E-state index in [-0.39, 0.29) is 0 Å². The first-order valence-electron chi connectivity index (χ1n) is 8.89. The zero-order valence-electron chi connectivity index (χ0n) is 15.0. The number of hydrogen-bond donors (Lipinski definition) is 2. The Kier molecular flexibility index (Phi) is 8.22. The number of benzene rings is 1. The molecule has 0 aromatic heterocycles. The summed E-state index contributed by atoms with van der Waals surface area (Å²) < 4.78 is 17.8. The lowest BCUT2D eigenvalue weighted by Gasteiger charge is -2.13. The van der Waals surface area contributed by atoms with Crippen molar-refractivity contribution in [3.8, 4) is 0 Å². The van der Waals surface area contributed by atoms with E-state index in [0.29, 0.717) is 12.1 Å². The Hall–Kier alpha value is -2.96. The molecule has 1 aliphatic carbocycles. The van der Waals surface area contributed by atoms with Crippen molar-refractivity contribution in [2.45, 2.75) is 32.1 Å². The van der Waals surface area contributed by atoms with Crippen LogP contribution in [0.2, 0.25) is 0 Å². The fourth-order valence-electron chi connectivity index (χ4n) is 2.63. The summed E-state index contributed by atoms with van der Waals surface area (Å²) in [4.78, 5) is 34.8. The van der Waals surface area contributed by atoms with E-state index in [1.807, 2.05) is 0 Å². The van der Waals surface area contributed by atoms with Crippen molar-refractivity contribution in [2.75, 3.05) is 13.2 Å². The maximum Gasteiger partial charge on any atom is 0.331 e. The van der Waals surface area contributed by atoms with Crippen molar-refractivity contribution < 1.29 is 23.5 Å². The standard InChI is InChI=1S/C20H23FN2O4/c21-17-8-4-7-16(13-17)9-10-19(25)27-14-18(24)23-20(26)22-12-11-15-5-2-1-3-6-15/h4-5,7-10,13H,1-3,6,11-12,14H2,(H2,22,23,24,26)/b10-9+. The number of ether oxygens (including phenoxy) is 1. The van der Waals surface area contributed by atoms with Gasteiger partial charge in [0.05, 0.1) is 0 Å². The van der Waals surface area contributed by atoms with Crippen LogP contribution in [-0.4, -0.2) is 31.1 Å². The zero-order valence-corrected chi connectivity index (χ0v) is 15.0. The molecule has 0 heterocycles. The van der Waals surface area contributed by atoms with Gasteiger partial charge in [-0.1, -0.05) is 23.8 Å². The van der Waals surface area contributed by atoms with Gasteiger partial charge in [0.1, 0.15) is 5.82 Å². The molecule has 0 atom stereocenters. The molecule has 6 nitrogen and oxygen atoms in total.